The van der Waals surface area contributed by atoms with Crippen LogP contribution in [0.4, 0.5) is 15.9 Å². The van der Waals surface area contributed by atoms with E-state index in [1.807, 2.05) is 0 Å². The van der Waals surface area contributed by atoms with Crippen molar-refractivity contribution in [3.8, 4) is 5.75 Å². The number of ether oxygens (including phenoxy) is 1. The third kappa shape index (κ3) is 5.36. The zero-order valence-electron chi connectivity index (χ0n) is 17.2. The number of benzene rings is 2. The zero-order valence-corrected chi connectivity index (χ0v) is 18.7. The first-order chi connectivity index (χ1) is 16.3. The lowest BCUT2D eigenvalue weighted by Gasteiger charge is -2.06. The highest BCUT2D eigenvalue weighted by molar-refractivity contribution is 6.33. The smallest absolute Gasteiger partial charge is 0.292 e. The summed E-state index contributed by atoms with van der Waals surface area (Å²) >= 11 is 12.2. The van der Waals surface area contributed by atoms with Crippen LogP contribution in [0.1, 0.15) is 21.9 Å². The maximum atomic E-state index is 13.9. The molecule has 0 aliphatic rings. The van der Waals surface area contributed by atoms with Gasteiger partial charge in [0.05, 0.1) is 22.6 Å². The van der Waals surface area contributed by atoms with Gasteiger partial charge >= 0.3 is 0 Å². The van der Waals surface area contributed by atoms with Crippen molar-refractivity contribution < 1.29 is 23.3 Å². The van der Waals surface area contributed by atoms with Gasteiger partial charge in [0, 0.05) is 17.8 Å². The van der Waals surface area contributed by atoms with Gasteiger partial charge in [0.15, 0.2) is 11.6 Å². The summed E-state index contributed by atoms with van der Waals surface area (Å²) in [6, 6.07) is 13.0. The highest BCUT2D eigenvalue weighted by Gasteiger charge is 2.17. The Morgan fingerprint density at radius 3 is 2.74 bits per heavy atom. The van der Waals surface area contributed by atoms with Crippen LogP contribution < -0.4 is 10.1 Å². The van der Waals surface area contributed by atoms with E-state index in [4.69, 9.17) is 32.4 Å². The molecule has 0 fully saturated rings. The number of amides is 1. The van der Waals surface area contributed by atoms with Gasteiger partial charge < -0.3 is 14.5 Å². The van der Waals surface area contributed by atoms with Gasteiger partial charge in [0.2, 0.25) is 0 Å². The van der Waals surface area contributed by atoms with E-state index in [1.165, 1.54) is 47.3 Å². The summed E-state index contributed by atoms with van der Waals surface area (Å²) < 4.78 is 26.2. The summed E-state index contributed by atoms with van der Waals surface area (Å²) in [5.41, 5.74) is 0.240. The first-order valence-electron chi connectivity index (χ1n) is 9.73. The largest absolute Gasteiger partial charge is 0.484 e. The number of non-ortho nitro benzene ring substituents is 1. The van der Waals surface area contributed by atoms with Gasteiger partial charge in [-0.15, -0.1) is 0 Å². The Morgan fingerprint density at radius 1 is 1.18 bits per heavy atom. The first-order valence-corrected chi connectivity index (χ1v) is 10.5. The number of hydrogen-bond acceptors (Lipinski definition) is 6. The highest BCUT2D eigenvalue weighted by atomic mass is 35.5. The Kier molecular flexibility index (Phi) is 6.80. The molecule has 0 aliphatic heterocycles. The fraction of sp³-hybridized carbons (Fsp3) is 0.0909. The van der Waals surface area contributed by atoms with Crippen LogP contribution in [0.2, 0.25) is 10.0 Å². The molecular formula is C22H15Cl2FN4O5. The topological polar surface area (TPSA) is 112 Å². The number of hydrogen-bond donors (Lipinski definition) is 1. The summed E-state index contributed by atoms with van der Waals surface area (Å²) in [4.78, 5) is 22.9. The molecule has 0 bridgehead atoms. The molecule has 2 aromatic heterocycles. The van der Waals surface area contributed by atoms with E-state index < -0.39 is 10.8 Å². The molecule has 0 atom stereocenters. The van der Waals surface area contributed by atoms with Crippen LogP contribution >= 0.6 is 23.2 Å². The van der Waals surface area contributed by atoms with E-state index in [2.05, 4.69) is 10.4 Å². The predicted octanol–water partition coefficient (Wildman–Crippen LogP) is 5.71. The van der Waals surface area contributed by atoms with E-state index in [0.717, 1.165) is 0 Å². The molecule has 4 rings (SSSR count). The van der Waals surface area contributed by atoms with Crippen molar-refractivity contribution in [2.75, 3.05) is 5.32 Å². The molecule has 34 heavy (non-hydrogen) atoms. The van der Waals surface area contributed by atoms with E-state index in [0.29, 0.717) is 5.56 Å². The monoisotopic (exact) mass is 504 g/mol. The van der Waals surface area contributed by atoms with Crippen molar-refractivity contribution in [1.82, 2.24) is 9.78 Å². The molecule has 2 aromatic carbocycles. The fourth-order valence-corrected chi connectivity index (χ4v) is 3.35. The van der Waals surface area contributed by atoms with Crippen LogP contribution in [0.3, 0.4) is 0 Å². The maximum absolute atomic E-state index is 13.9. The molecule has 0 spiro atoms. The van der Waals surface area contributed by atoms with Crippen molar-refractivity contribution >= 4 is 40.6 Å². The second-order valence-corrected chi connectivity index (χ2v) is 7.81. The zero-order chi connectivity index (χ0) is 24.2. The summed E-state index contributed by atoms with van der Waals surface area (Å²) in [7, 11) is 0. The van der Waals surface area contributed by atoms with Crippen LogP contribution in [0.15, 0.2) is 65.2 Å². The van der Waals surface area contributed by atoms with Crippen molar-refractivity contribution in [3.63, 3.8) is 0 Å². The van der Waals surface area contributed by atoms with Gasteiger partial charge in [0.25, 0.3) is 11.6 Å². The third-order valence-electron chi connectivity index (χ3n) is 4.62. The summed E-state index contributed by atoms with van der Waals surface area (Å²) in [5.74, 6) is -0.563. The second-order valence-electron chi connectivity index (χ2n) is 7.00. The third-order valence-corrected chi connectivity index (χ3v) is 5.21. The molecule has 0 saturated heterocycles. The van der Waals surface area contributed by atoms with E-state index in [1.54, 1.807) is 18.2 Å². The van der Waals surface area contributed by atoms with Gasteiger partial charge in [-0.25, -0.2) is 4.39 Å². The number of rotatable bonds is 8. The number of nitrogens with zero attached hydrogens (tertiary/aromatic N) is 3. The minimum absolute atomic E-state index is 0.0385. The Balaban J connectivity index is 1.39. The number of nitro benzene ring substituents is 1. The number of aromatic nitrogens is 2. The Bertz CT molecular complexity index is 1370. The van der Waals surface area contributed by atoms with Gasteiger partial charge in [0.1, 0.15) is 29.0 Å². The normalized spacial score (nSPS) is 10.8. The minimum atomic E-state index is -0.613. The quantitative estimate of drug-likeness (QED) is 0.243. The molecule has 0 unspecified atom stereocenters. The Labute approximate surface area is 201 Å². The molecule has 4 aromatic rings. The number of carbonyl (C=O) groups is 1. The SMILES string of the molecule is O=C(Nc1nn(Cc2ccccc2F)cc1Cl)c1ccc(COc2cc([N+](=O)[O-])ccc2Cl)o1. The average molecular weight is 505 g/mol. The number of carbonyl (C=O) groups excluding carboxylic acids is 1. The summed E-state index contributed by atoms with van der Waals surface area (Å²) in [6.07, 6.45) is 1.47. The molecule has 1 N–H and O–H groups in total. The molecule has 0 radical (unpaired) electrons. The maximum Gasteiger partial charge on any atom is 0.292 e. The standard InChI is InChI=1S/C22H15Cl2FN4O5/c23-16-7-5-14(29(31)32)9-20(16)33-12-15-6-8-19(34-15)22(30)26-21-17(24)11-28(27-21)10-13-3-1-2-4-18(13)25/h1-9,11H,10,12H2,(H,26,27,30). The van der Waals surface area contributed by atoms with Crippen LogP contribution in [-0.4, -0.2) is 20.6 Å². The van der Waals surface area contributed by atoms with E-state index in [9.17, 15) is 19.3 Å². The fourth-order valence-electron chi connectivity index (χ4n) is 2.98. The number of nitro groups is 1. The van der Waals surface area contributed by atoms with Gasteiger partial charge in [-0.2, -0.15) is 5.10 Å². The van der Waals surface area contributed by atoms with Crippen molar-refractivity contribution in [3.05, 3.63) is 104 Å². The molecule has 12 heteroatoms. The van der Waals surface area contributed by atoms with Crippen LogP contribution in [0.25, 0.3) is 0 Å². The lowest BCUT2D eigenvalue weighted by Crippen LogP contribution is -2.12. The summed E-state index contributed by atoms with van der Waals surface area (Å²) in [5, 5.41) is 18.0. The van der Waals surface area contributed by atoms with Gasteiger partial charge in [-0.05, 0) is 24.3 Å². The highest BCUT2D eigenvalue weighted by Crippen LogP contribution is 2.30. The van der Waals surface area contributed by atoms with Gasteiger partial charge in [-0.3, -0.25) is 19.6 Å². The van der Waals surface area contributed by atoms with Crippen LogP contribution in [0, 0.1) is 15.9 Å². The Morgan fingerprint density at radius 2 is 1.97 bits per heavy atom. The van der Waals surface area contributed by atoms with Gasteiger partial charge in [-0.1, -0.05) is 41.4 Å². The molecule has 0 aliphatic carbocycles. The van der Waals surface area contributed by atoms with Crippen molar-refractivity contribution in [2.45, 2.75) is 13.2 Å². The predicted molar refractivity (Wildman–Crippen MR) is 122 cm³/mol. The van der Waals surface area contributed by atoms with E-state index in [-0.39, 0.29) is 57.8 Å². The van der Waals surface area contributed by atoms with Crippen molar-refractivity contribution in [2.24, 2.45) is 0 Å². The second kappa shape index (κ2) is 9.94. The van der Waals surface area contributed by atoms with Crippen molar-refractivity contribution in [1.29, 1.82) is 0 Å². The summed E-state index contributed by atoms with van der Waals surface area (Å²) in [6.45, 7) is 0.0108. The number of nitrogens with one attached hydrogen (secondary N) is 1. The average Bonchev–Trinajstić information content (AvgIpc) is 3.41. The van der Waals surface area contributed by atoms with E-state index >= 15 is 0 Å². The first kappa shape index (κ1) is 23.3. The number of furan rings is 1. The van der Waals surface area contributed by atoms with Crippen LogP contribution in [0.5, 0.6) is 5.75 Å². The molecule has 1 amide bonds. The number of anilines is 1. The molecule has 9 nitrogen and oxygen atoms in total. The molecular weight excluding hydrogens is 490 g/mol. The number of halogens is 3. The molecule has 2 heterocycles. The lowest BCUT2D eigenvalue weighted by molar-refractivity contribution is -0.384. The molecule has 174 valence electrons. The lowest BCUT2D eigenvalue weighted by atomic mass is 10.2. The Hall–Kier alpha value is -3.89. The minimum Gasteiger partial charge on any atom is -0.484 e. The molecule has 0 saturated carbocycles. The van der Waals surface area contributed by atoms with Crippen LogP contribution in [-0.2, 0) is 13.2 Å².